The third-order valence-corrected chi connectivity index (χ3v) is 7.37. The highest BCUT2D eigenvalue weighted by Crippen LogP contribution is 2.65. The molecule has 2 heteroatoms. The van der Waals surface area contributed by atoms with Gasteiger partial charge in [0.05, 0.1) is 12.1 Å². The van der Waals surface area contributed by atoms with Gasteiger partial charge in [-0.1, -0.05) is 24.3 Å². The average molecular weight is 252 g/mol. The van der Waals surface area contributed by atoms with Crippen molar-refractivity contribution in [2.45, 2.75) is 31.3 Å². The molecule has 3 saturated carbocycles. The number of nitrogens with zero attached hydrogens (tertiary/aromatic N) is 2. The van der Waals surface area contributed by atoms with Crippen LogP contribution in [-0.2, 0) is 0 Å². The number of azo groups is 1. The van der Waals surface area contributed by atoms with Crippen LogP contribution in [0.5, 0.6) is 0 Å². The number of hydrogen-bond donors (Lipinski definition) is 0. The lowest BCUT2D eigenvalue weighted by molar-refractivity contribution is -0.0488. The van der Waals surface area contributed by atoms with Crippen molar-refractivity contribution in [2.75, 3.05) is 0 Å². The fourth-order valence-corrected chi connectivity index (χ4v) is 6.87. The van der Waals surface area contributed by atoms with Crippen LogP contribution in [-0.4, -0.2) is 12.1 Å². The van der Waals surface area contributed by atoms with Crippen molar-refractivity contribution < 1.29 is 0 Å². The van der Waals surface area contributed by atoms with E-state index in [0.29, 0.717) is 12.1 Å². The molecule has 0 radical (unpaired) electrons. The zero-order chi connectivity index (χ0) is 12.1. The summed E-state index contributed by atoms with van der Waals surface area (Å²) in [5, 5.41) is 9.64. The first-order chi connectivity index (χ1) is 9.42. The summed E-state index contributed by atoms with van der Waals surface area (Å²) in [4.78, 5) is 0. The maximum atomic E-state index is 4.82. The fraction of sp³-hybridized carbons (Fsp3) is 0.765. The van der Waals surface area contributed by atoms with Gasteiger partial charge >= 0.3 is 0 Å². The van der Waals surface area contributed by atoms with E-state index >= 15 is 0 Å². The standard InChI is InChI=1S/C17H20N2/c1-2-9-4-3-8(1)12-13(9)17-15-11-6-5-10(7-11)14(15)16(12)18-19-17/h1-2,5-6,8-17H,3-4,7H2/t8-,9-,10-,11-,12+,13+,14-,15+,16+,17+/m0/s1. The minimum atomic E-state index is 0.567. The van der Waals surface area contributed by atoms with Crippen LogP contribution in [0.25, 0.3) is 0 Å². The van der Waals surface area contributed by atoms with Gasteiger partial charge in [-0.2, -0.15) is 10.2 Å². The van der Waals surface area contributed by atoms with Crippen LogP contribution in [0.1, 0.15) is 19.3 Å². The number of rotatable bonds is 0. The van der Waals surface area contributed by atoms with Crippen LogP contribution in [0.15, 0.2) is 34.5 Å². The highest BCUT2D eigenvalue weighted by molar-refractivity contribution is 5.27. The molecule has 3 fully saturated rings. The van der Waals surface area contributed by atoms with E-state index in [9.17, 15) is 0 Å². The monoisotopic (exact) mass is 252 g/mol. The minimum absolute atomic E-state index is 0.567. The normalized spacial score (nSPS) is 65.7. The summed E-state index contributed by atoms with van der Waals surface area (Å²) in [7, 11) is 0. The third-order valence-electron chi connectivity index (χ3n) is 7.37. The van der Waals surface area contributed by atoms with E-state index in [-0.39, 0.29) is 0 Å². The molecule has 6 bridgehead atoms. The van der Waals surface area contributed by atoms with E-state index in [1.807, 2.05) is 0 Å². The van der Waals surface area contributed by atoms with Gasteiger partial charge in [0.1, 0.15) is 0 Å². The van der Waals surface area contributed by atoms with Crippen LogP contribution in [0.3, 0.4) is 0 Å². The molecule has 0 N–H and O–H groups in total. The van der Waals surface area contributed by atoms with Gasteiger partial charge in [0.15, 0.2) is 0 Å². The number of fused-ring (bicyclic) bond motifs is 3. The van der Waals surface area contributed by atoms with Crippen molar-refractivity contribution in [3.05, 3.63) is 24.3 Å². The lowest BCUT2D eigenvalue weighted by Crippen LogP contribution is -2.61. The maximum absolute atomic E-state index is 4.82. The third kappa shape index (κ3) is 0.976. The first kappa shape index (κ1) is 9.90. The van der Waals surface area contributed by atoms with E-state index in [1.165, 1.54) is 19.3 Å². The first-order valence-corrected chi connectivity index (χ1v) is 8.18. The van der Waals surface area contributed by atoms with E-state index in [4.69, 9.17) is 10.2 Å². The van der Waals surface area contributed by atoms with Crippen molar-refractivity contribution in [3.63, 3.8) is 0 Å². The van der Waals surface area contributed by atoms with Crippen molar-refractivity contribution in [1.29, 1.82) is 0 Å². The average Bonchev–Trinajstić information content (AvgIpc) is 3.12. The summed E-state index contributed by atoms with van der Waals surface area (Å²) < 4.78 is 0. The molecule has 0 aromatic rings. The van der Waals surface area contributed by atoms with Crippen molar-refractivity contribution in [2.24, 2.45) is 57.6 Å². The summed E-state index contributed by atoms with van der Waals surface area (Å²) >= 11 is 0. The molecule has 0 amide bonds. The highest BCUT2D eigenvalue weighted by Gasteiger charge is 2.65. The minimum Gasteiger partial charge on any atom is -0.190 e. The number of allylic oxidation sites excluding steroid dienone is 4. The molecule has 2 heterocycles. The number of hydrogen-bond acceptors (Lipinski definition) is 2. The molecule has 0 unspecified atom stereocenters. The summed E-state index contributed by atoms with van der Waals surface area (Å²) in [6, 6.07) is 1.13. The van der Waals surface area contributed by atoms with E-state index in [0.717, 1.165) is 47.3 Å². The molecule has 98 valence electrons. The Morgan fingerprint density at radius 1 is 0.579 bits per heavy atom. The summed E-state index contributed by atoms with van der Waals surface area (Å²) in [6.07, 6.45) is 14.3. The van der Waals surface area contributed by atoms with Crippen LogP contribution < -0.4 is 0 Å². The molecule has 0 aromatic heterocycles. The lowest BCUT2D eigenvalue weighted by atomic mass is 9.48. The molecular formula is C17H20N2. The second-order valence-corrected chi connectivity index (χ2v) is 7.76. The molecule has 0 saturated heterocycles. The first-order valence-electron chi connectivity index (χ1n) is 8.18. The van der Waals surface area contributed by atoms with Crippen molar-refractivity contribution in [3.8, 4) is 0 Å². The molecule has 0 spiro atoms. The molecule has 0 aromatic carbocycles. The summed E-state index contributed by atoms with van der Waals surface area (Å²) in [5.74, 6) is 6.73. The lowest BCUT2D eigenvalue weighted by Gasteiger charge is -2.59. The second-order valence-electron chi connectivity index (χ2n) is 7.76. The Morgan fingerprint density at radius 3 is 1.47 bits per heavy atom. The Balaban J connectivity index is 1.53. The maximum Gasteiger partial charge on any atom is 0.0783 e. The molecular weight excluding hydrogens is 232 g/mol. The predicted molar refractivity (Wildman–Crippen MR) is 72.5 cm³/mol. The smallest absolute Gasteiger partial charge is 0.0783 e. The highest BCUT2D eigenvalue weighted by atomic mass is 15.2. The van der Waals surface area contributed by atoms with Gasteiger partial charge < -0.3 is 0 Å². The van der Waals surface area contributed by atoms with Gasteiger partial charge in [-0.05, 0) is 66.6 Å². The van der Waals surface area contributed by atoms with Gasteiger partial charge in [-0.25, -0.2) is 0 Å². The fourth-order valence-electron chi connectivity index (χ4n) is 6.87. The van der Waals surface area contributed by atoms with Gasteiger partial charge in [-0.3, -0.25) is 0 Å². The zero-order valence-corrected chi connectivity index (χ0v) is 11.1. The van der Waals surface area contributed by atoms with Gasteiger partial charge in [0, 0.05) is 0 Å². The van der Waals surface area contributed by atoms with Crippen molar-refractivity contribution >= 4 is 0 Å². The zero-order valence-electron chi connectivity index (χ0n) is 11.1. The van der Waals surface area contributed by atoms with Crippen LogP contribution in [0, 0.1) is 47.3 Å². The summed E-state index contributed by atoms with van der Waals surface area (Å²) in [5.41, 5.74) is 0. The van der Waals surface area contributed by atoms with E-state index in [1.54, 1.807) is 0 Å². The summed E-state index contributed by atoms with van der Waals surface area (Å²) in [6.45, 7) is 0. The Morgan fingerprint density at radius 2 is 1.00 bits per heavy atom. The molecule has 6 aliphatic carbocycles. The Labute approximate surface area is 114 Å². The van der Waals surface area contributed by atoms with Crippen LogP contribution in [0.2, 0.25) is 0 Å². The topological polar surface area (TPSA) is 24.7 Å². The molecule has 2 nitrogen and oxygen atoms in total. The Hall–Kier alpha value is -0.920. The Kier molecular flexibility index (Phi) is 1.59. The SMILES string of the molecule is C1=C[C@H]2C[C@H]1[C@@H]1[C@@H]3N=N[C@@H]([C@@H]12)[C@H]1[C@H]3[C@H]2C=C[C@H]1CC2. The van der Waals surface area contributed by atoms with Crippen LogP contribution in [0.4, 0.5) is 0 Å². The molecule has 8 rings (SSSR count). The van der Waals surface area contributed by atoms with Gasteiger partial charge in [0.25, 0.3) is 0 Å². The second kappa shape index (κ2) is 3.05. The molecule has 19 heavy (non-hydrogen) atoms. The van der Waals surface area contributed by atoms with Crippen molar-refractivity contribution in [1.82, 2.24) is 0 Å². The molecule has 10 atom stereocenters. The quantitative estimate of drug-likeness (QED) is 0.590. The molecule has 8 aliphatic rings. The Bertz CT molecular complexity index is 489. The van der Waals surface area contributed by atoms with Crippen LogP contribution >= 0.6 is 0 Å². The largest absolute Gasteiger partial charge is 0.190 e. The predicted octanol–water partition coefficient (Wildman–Crippen LogP) is 3.47. The van der Waals surface area contributed by atoms with Gasteiger partial charge in [0.2, 0.25) is 0 Å². The van der Waals surface area contributed by atoms with E-state index < -0.39 is 0 Å². The van der Waals surface area contributed by atoms with Gasteiger partial charge in [-0.15, -0.1) is 0 Å². The van der Waals surface area contributed by atoms with E-state index in [2.05, 4.69) is 24.3 Å². The molecule has 2 aliphatic heterocycles.